The van der Waals surface area contributed by atoms with Gasteiger partial charge in [-0.05, 0) is 109 Å². The van der Waals surface area contributed by atoms with Crippen molar-refractivity contribution in [2.24, 2.45) is 4.99 Å². The molecule has 2 nitrogen and oxygen atoms in total. The molecule has 8 aromatic rings. The number of hydrogen-bond donors (Lipinski definition) is 0. The molecular formula is C45H38N2S. The Balaban J connectivity index is 1.12. The molecule has 8 rings (SSSR count). The lowest BCUT2D eigenvalue weighted by molar-refractivity contribution is 0.840. The number of aliphatic imine (C=N–C) groups is 1. The van der Waals surface area contributed by atoms with Crippen molar-refractivity contribution < 1.29 is 0 Å². The van der Waals surface area contributed by atoms with Crippen molar-refractivity contribution in [3.8, 4) is 27.9 Å². The van der Waals surface area contributed by atoms with Gasteiger partial charge in [-0.2, -0.15) is 0 Å². The summed E-state index contributed by atoms with van der Waals surface area (Å²) in [4.78, 5) is 4.06. The van der Waals surface area contributed by atoms with E-state index < -0.39 is 0 Å². The molecule has 0 unspecified atom stereocenters. The van der Waals surface area contributed by atoms with Gasteiger partial charge in [0.1, 0.15) is 0 Å². The third-order valence-electron chi connectivity index (χ3n) is 9.40. The lowest BCUT2D eigenvalue weighted by Crippen LogP contribution is -1.94. The van der Waals surface area contributed by atoms with E-state index in [1.807, 2.05) is 24.6 Å². The Kier molecular flexibility index (Phi) is 8.45. The van der Waals surface area contributed by atoms with Crippen molar-refractivity contribution in [3.63, 3.8) is 0 Å². The van der Waals surface area contributed by atoms with Gasteiger partial charge in [-0.15, -0.1) is 11.3 Å². The maximum Gasteiger partial charge on any atom is 0.0541 e. The van der Waals surface area contributed by atoms with Crippen LogP contribution in [-0.2, 0) is 6.42 Å². The molecule has 0 amide bonds. The molecule has 0 radical (unpaired) electrons. The largest absolute Gasteiger partial charge is 0.309 e. The Hall–Kier alpha value is -5.25. The summed E-state index contributed by atoms with van der Waals surface area (Å²) in [5.41, 5.74) is 10.1. The summed E-state index contributed by atoms with van der Waals surface area (Å²) in [5.74, 6) is 0. The van der Waals surface area contributed by atoms with Gasteiger partial charge < -0.3 is 9.56 Å². The number of benzene rings is 6. The van der Waals surface area contributed by atoms with E-state index in [9.17, 15) is 0 Å². The van der Waals surface area contributed by atoms with Crippen molar-refractivity contribution >= 4 is 59.5 Å². The summed E-state index contributed by atoms with van der Waals surface area (Å²) in [6.45, 7) is 0. The van der Waals surface area contributed by atoms with Gasteiger partial charge in [-0.3, -0.25) is 0 Å². The molecule has 0 bridgehead atoms. The van der Waals surface area contributed by atoms with Crippen LogP contribution in [-0.4, -0.2) is 17.8 Å². The molecule has 0 fully saturated rings. The minimum atomic E-state index is 1.02. The number of nitrogens with zero attached hydrogens (tertiary/aromatic N) is 2. The number of aromatic nitrogens is 1. The Morgan fingerprint density at radius 2 is 1.31 bits per heavy atom. The van der Waals surface area contributed by atoms with Gasteiger partial charge in [-0.1, -0.05) is 103 Å². The Morgan fingerprint density at radius 3 is 2.23 bits per heavy atom. The summed E-state index contributed by atoms with van der Waals surface area (Å²) in [6.07, 6.45) is 12.0. The molecular weight excluding hydrogens is 601 g/mol. The van der Waals surface area contributed by atoms with E-state index in [1.54, 1.807) is 0 Å². The number of fused-ring (bicyclic) bond motifs is 6. The third kappa shape index (κ3) is 5.76. The fraction of sp³-hybridized carbons (Fsp3) is 0.133. The van der Waals surface area contributed by atoms with E-state index in [-0.39, 0.29) is 0 Å². The van der Waals surface area contributed by atoms with Crippen molar-refractivity contribution in [2.75, 3.05) is 7.05 Å². The van der Waals surface area contributed by atoms with Crippen LogP contribution in [0.1, 0.15) is 31.2 Å². The van der Waals surface area contributed by atoms with Crippen molar-refractivity contribution in [1.29, 1.82) is 0 Å². The van der Waals surface area contributed by atoms with E-state index in [2.05, 4.69) is 155 Å². The Labute approximate surface area is 286 Å². The number of thiophene rings is 1. The number of aryl methyl sites for hydroxylation is 1. The summed E-state index contributed by atoms with van der Waals surface area (Å²) >= 11 is 1.89. The molecule has 234 valence electrons. The first-order chi connectivity index (χ1) is 23.8. The van der Waals surface area contributed by atoms with E-state index in [1.165, 1.54) is 75.5 Å². The van der Waals surface area contributed by atoms with Crippen molar-refractivity contribution in [1.82, 2.24) is 4.57 Å². The zero-order chi connectivity index (χ0) is 32.3. The average molecular weight is 639 g/mol. The predicted octanol–water partition coefficient (Wildman–Crippen LogP) is 12.8. The monoisotopic (exact) mass is 638 g/mol. The van der Waals surface area contributed by atoms with Crippen LogP contribution in [0.3, 0.4) is 0 Å². The fourth-order valence-electron chi connectivity index (χ4n) is 7.08. The number of hydrogen-bond acceptors (Lipinski definition) is 2. The summed E-state index contributed by atoms with van der Waals surface area (Å²) in [6, 6.07) is 49.4. The minimum Gasteiger partial charge on any atom is -0.309 e. The molecule has 0 aliphatic heterocycles. The van der Waals surface area contributed by atoms with Gasteiger partial charge in [0.25, 0.3) is 0 Å². The maximum absolute atomic E-state index is 4.06. The molecule has 3 heteroatoms. The zero-order valence-corrected chi connectivity index (χ0v) is 28.1. The quantitative estimate of drug-likeness (QED) is 0.0806. The fourth-order valence-corrected chi connectivity index (χ4v) is 8.32. The molecule has 0 saturated carbocycles. The van der Waals surface area contributed by atoms with Crippen LogP contribution in [0.25, 0.3) is 69.9 Å². The van der Waals surface area contributed by atoms with Gasteiger partial charge in [0.2, 0.25) is 0 Å². The Bertz CT molecular complexity index is 2460. The first kappa shape index (κ1) is 30.1. The number of para-hydroxylation sites is 1. The topological polar surface area (TPSA) is 17.3 Å². The molecule has 2 heterocycles. The first-order valence-electron chi connectivity index (χ1n) is 17.0. The second kappa shape index (κ2) is 13.5. The lowest BCUT2D eigenvalue weighted by Gasteiger charge is -2.12. The predicted molar refractivity (Wildman–Crippen MR) is 210 cm³/mol. The lowest BCUT2D eigenvalue weighted by atomic mass is 9.97. The normalized spacial score (nSPS) is 12.1. The molecule has 0 saturated heterocycles. The molecule has 2 aromatic heterocycles. The highest BCUT2D eigenvalue weighted by Crippen LogP contribution is 2.41. The van der Waals surface area contributed by atoms with Crippen LogP contribution in [0.5, 0.6) is 0 Å². The maximum atomic E-state index is 4.06. The average Bonchev–Trinajstić information content (AvgIpc) is 3.68. The highest BCUT2D eigenvalue weighted by molar-refractivity contribution is 7.26. The Morgan fingerprint density at radius 1 is 0.583 bits per heavy atom. The summed E-state index contributed by atoms with van der Waals surface area (Å²) in [5, 5.41) is 5.29. The number of allylic oxidation sites excluding steroid dienone is 2. The summed E-state index contributed by atoms with van der Waals surface area (Å²) in [7, 11) is 1.84. The second-order valence-electron chi connectivity index (χ2n) is 12.5. The SMILES string of the molecule is CN=CCCC=CCCCc1ccc2c(c1)c1ccccc1n2-c1cccc(-c2cccc(-c3cccc4c3sc3ccccc34)c2)c1. The number of unbranched alkanes of at least 4 members (excludes halogenated alkanes) is 2. The second-order valence-corrected chi connectivity index (χ2v) is 13.5. The summed E-state index contributed by atoms with van der Waals surface area (Å²) < 4.78 is 5.12. The zero-order valence-electron chi connectivity index (χ0n) is 27.3. The molecule has 48 heavy (non-hydrogen) atoms. The van der Waals surface area contributed by atoms with E-state index in [0.29, 0.717) is 0 Å². The molecule has 0 atom stereocenters. The van der Waals surface area contributed by atoms with E-state index >= 15 is 0 Å². The van der Waals surface area contributed by atoms with Crippen molar-refractivity contribution in [3.05, 3.63) is 151 Å². The third-order valence-corrected chi connectivity index (χ3v) is 10.6. The van der Waals surface area contributed by atoms with E-state index in [4.69, 9.17) is 0 Å². The van der Waals surface area contributed by atoms with Crippen LogP contribution in [0.4, 0.5) is 0 Å². The van der Waals surface area contributed by atoms with Crippen LogP contribution >= 0.6 is 11.3 Å². The highest BCUT2D eigenvalue weighted by atomic mass is 32.1. The van der Waals surface area contributed by atoms with Crippen LogP contribution < -0.4 is 0 Å². The standard InChI is InChI=1S/C45H38N2S/c1-46-28-11-5-3-2-4-6-15-32-26-27-43-41(29-32)38-20-7-9-24-42(38)47(43)36-19-13-17-34(31-36)33-16-12-18-35(30-33)37-22-14-23-40-39-21-8-10-25-44(39)48-45(37)40/h2-3,7-10,12-14,16-31H,4-6,11,15H2,1H3. The molecule has 6 aromatic carbocycles. The van der Waals surface area contributed by atoms with Gasteiger partial charge in [0.15, 0.2) is 0 Å². The molecule has 0 spiro atoms. The minimum absolute atomic E-state index is 1.02. The van der Waals surface area contributed by atoms with Crippen LogP contribution in [0, 0.1) is 0 Å². The highest BCUT2D eigenvalue weighted by Gasteiger charge is 2.14. The van der Waals surface area contributed by atoms with Gasteiger partial charge >= 0.3 is 0 Å². The van der Waals surface area contributed by atoms with Crippen LogP contribution in [0.15, 0.2) is 151 Å². The van der Waals surface area contributed by atoms with Crippen LogP contribution in [0.2, 0.25) is 0 Å². The molecule has 0 N–H and O–H groups in total. The van der Waals surface area contributed by atoms with Crippen molar-refractivity contribution in [2.45, 2.75) is 32.1 Å². The molecule has 0 aliphatic carbocycles. The molecule has 0 aliphatic rings. The van der Waals surface area contributed by atoms with E-state index in [0.717, 1.165) is 32.1 Å². The first-order valence-corrected chi connectivity index (χ1v) is 17.8. The number of rotatable bonds is 10. The van der Waals surface area contributed by atoms with Gasteiger partial charge in [0, 0.05) is 43.7 Å². The van der Waals surface area contributed by atoms with Gasteiger partial charge in [0.05, 0.1) is 11.0 Å². The smallest absolute Gasteiger partial charge is 0.0541 e. The van der Waals surface area contributed by atoms with Gasteiger partial charge in [-0.25, -0.2) is 0 Å².